The van der Waals surface area contributed by atoms with Crippen LogP contribution in [-0.4, -0.2) is 35.5 Å². The Hall–Kier alpha value is -1.59. The molecule has 0 radical (unpaired) electrons. The Morgan fingerprint density at radius 1 is 1.10 bits per heavy atom. The average molecular weight is 300 g/mol. The van der Waals surface area contributed by atoms with E-state index >= 15 is 0 Å². The smallest absolute Gasteiger partial charge is 0.303 e. The van der Waals surface area contributed by atoms with E-state index in [4.69, 9.17) is 5.11 Å². The van der Waals surface area contributed by atoms with Gasteiger partial charge in [-0.25, -0.2) is 0 Å². The molecule has 0 aliphatic rings. The van der Waals surface area contributed by atoms with Crippen LogP contribution in [0.2, 0.25) is 0 Å². The number of carboxylic acids is 1. The number of hydrogen-bond acceptors (Lipinski definition) is 3. The fourth-order valence-corrected chi connectivity index (χ4v) is 2.26. The molecule has 0 rings (SSSR count). The zero-order valence-electron chi connectivity index (χ0n) is 13.6. The van der Waals surface area contributed by atoms with Crippen molar-refractivity contribution in [1.29, 1.82) is 0 Å². The van der Waals surface area contributed by atoms with Crippen molar-refractivity contribution in [3.63, 3.8) is 0 Å². The average Bonchev–Trinajstić information content (AvgIpc) is 2.30. The van der Waals surface area contributed by atoms with Crippen LogP contribution in [0.15, 0.2) is 0 Å². The number of carbonyl (C=O) groups is 3. The second-order valence-corrected chi connectivity index (χ2v) is 6.26. The molecule has 0 heterocycles. The molecular formula is C15H28N2O4. The van der Waals surface area contributed by atoms with Crippen LogP contribution in [0.25, 0.3) is 0 Å². The highest BCUT2D eigenvalue weighted by Crippen LogP contribution is 2.15. The number of carboxylic acid groups (broad SMARTS) is 1. The normalized spacial score (nSPS) is 13.9. The van der Waals surface area contributed by atoms with Gasteiger partial charge in [-0.2, -0.15) is 0 Å². The summed E-state index contributed by atoms with van der Waals surface area (Å²) in [7, 11) is 0. The molecule has 0 aromatic heterocycles. The largest absolute Gasteiger partial charge is 0.481 e. The molecule has 6 nitrogen and oxygen atoms in total. The van der Waals surface area contributed by atoms with Crippen molar-refractivity contribution < 1.29 is 19.5 Å². The van der Waals surface area contributed by atoms with E-state index < -0.39 is 12.0 Å². The third kappa shape index (κ3) is 9.05. The van der Waals surface area contributed by atoms with Gasteiger partial charge in [0.2, 0.25) is 11.8 Å². The van der Waals surface area contributed by atoms with E-state index in [0.717, 1.165) is 6.42 Å². The summed E-state index contributed by atoms with van der Waals surface area (Å²) in [4.78, 5) is 34.1. The molecule has 0 aliphatic heterocycles. The lowest BCUT2D eigenvalue weighted by atomic mass is 9.93. The maximum Gasteiger partial charge on any atom is 0.303 e. The van der Waals surface area contributed by atoms with Gasteiger partial charge in [-0.1, -0.05) is 27.7 Å². The van der Waals surface area contributed by atoms with Gasteiger partial charge in [0.05, 0.1) is 0 Å². The molecule has 2 unspecified atom stereocenters. The SMILES string of the molecule is CC(=O)NC(C(=O)NCC(CC(=O)O)CC(C)C)C(C)C. The predicted molar refractivity (Wildman–Crippen MR) is 80.7 cm³/mol. The van der Waals surface area contributed by atoms with Crippen LogP contribution in [0.4, 0.5) is 0 Å². The first-order chi connectivity index (χ1) is 9.63. The summed E-state index contributed by atoms with van der Waals surface area (Å²) in [6, 6.07) is -0.591. The number of aliphatic carboxylic acids is 1. The Bertz CT molecular complexity index is 367. The number of rotatable bonds is 9. The third-order valence-electron chi connectivity index (χ3n) is 3.14. The van der Waals surface area contributed by atoms with Gasteiger partial charge in [0.1, 0.15) is 6.04 Å². The van der Waals surface area contributed by atoms with E-state index in [1.807, 2.05) is 27.7 Å². The van der Waals surface area contributed by atoms with E-state index in [2.05, 4.69) is 10.6 Å². The van der Waals surface area contributed by atoms with Crippen molar-refractivity contribution in [2.75, 3.05) is 6.54 Å². The Balaban J connectivity index is 4.56. The van der Waals surface area contributed by atoms with Crippen LogP contribution in [0.3, 0.4) is 0 Å². The van der Waals surface area contributed by atoms with Gasteiger partial charge < -0.3 is 15.7 Å². The number of nitrogens with one attached hydrogen (secondary N) is 2. The van der Waals surface area contributed by atoms with E-state index in [1.54, 1.807) is 0 Å². The number of amides is 2. The van der Waals surface area contributed by atoms with Crippen LogP contribution in [0, 0.1) is 17.8 Å². The van der Waals surface area contributed by atoms with Crippen molar-refractivity contribution in [2.45, 2.75) is 53.5 Å². The lowest BCUT2D eigenvalue weighted by molar-refractivity contribution is -0.138. The summed E-state index contributed by atoms with van der Waals surface area (Å²) in [6.45, 7) is 9.42. The predicted octanol–water partition coefficient (Wildman–Crippen LogP) is 1.40. The molecule has 0 aliphatic carbocycles. The minimum absolute atomic E-state index is 0.0306. The second-order valence-electron chi connectivity index (χ2n) is 6.26. The van der Waals surface area contributed by atoms with Crippen LogP contribution >= 0.6 is 0 Å². The molecule has 0 bridgehead atoms. The van der Waals surface area contributed by atoms with Crippen molar-refractivity contribution >= 4 is 17.8 Å². The highest BCUT2D eigenvalue weighted by Gasteiger charge is 2.24. The first-order valence-corrected chi connectivity index (χ1v) is 7.40. The first-order valence-electron chi connectivity index (χ1n) is 7.40. The monoisotopic (exact) mass is 300 g/mol. The van der Waals surface area contributed by atoms with Gasteiger partial charge in [-0.3, -0.25) is 14.4 Å². The fraction of sp³-hybridized carbons (Fsp3) is 0.800. The van der Waals surface area contributed by atoms with E-state index in [0.29, 0.717) is 12.5 Å². The maximum atomic E-state index is 12.1. The molecule has 0 aromatic carbocycles. The summed E-state index contributed by atoms with van der Waals surface area (Å²) < 4.78 is 0. The molecule has 0 fully saturated rings. The molecule has 0 aromatic rings. The summed E-state index contributed by atoms with van der Waals surface area (Å²) in [6.07, 6.45) is 0.768. The molecule has 0 spiro atoms. The number of hydrogen-bond donors (Lipinski definition) is 3. The zero-order chi connectivity index (χ0) is 16.6. The van der Waals surface area contributed by atoms with Gasteiger partial charge in [-0.05, 0) is 24.2 Å². The molecule has 3 N–H and O–H groups in total. The second kappa shape index (κ2) is 9.37. The minimum atomic E-state index is -0.864. The highest BCUT2D eigenvalue weighted by atomic mass is 16.4. The van der Waals surface area contributed by atoms with Gasteiger partial charge >= 0.3 is 5.97 Å². The topological polar surface area (TPSA) is 95.5 Å². The molecule has 2 amide bonds. The molecular weight excluding hydrogens is 272 g/mol. The van der Waals surface area contributed by atoms with Crippen LogP contribution < -0.4 is 10.6 Å². The van der Waals surface area contributed by atoms with Gasteiger partial charge in [-0.15, -0.1) is 0 Å². The van der Waals surface area contributed by atoms with Crippen molar-refractivity contribution in [1.82, 2.24) is 10.6 Å². The molecule has 2 atom stereocenters. The third-order valence-corrected chi connectivity index (χ3v) is 3.14. The maximum absolute atomic E-state index is 12.1. The van der Waals surface area contributed by atoms with Crippen molar-refractivity contribution in [3.05, 3.63) is 0 Å². The Kier molecular flexibility index (Phi) is 8.66. The van der Waals surface area contributed by atoms with Crippen molar-refractivity contribution in [3.8, 4) is 0 Å². The highest BCUT2D eigenvalue weighted by molar-refractivity contribution is 5.87. The van der Waals surface area contributed by atoms with Gasteiger partial charge in [0, 0.05) is 19.9 Å². The Labute approximate surface area is 126 Å². The quantitative estimate of drug-likeness (QED) is 0.600. The van der Waals surface area contributed by atoms with E-state index in [-0.39, 0.29) is 30.1 Å². The Morgan fingerprint density at radius 2 is 1.67 bits per heavy atom. The molecule has 6 heteroatoms. The Morgan fingerprint density at radius 3 is 2.05 bits per heavy atom. The van der Waals surface area contributed by atoms with E-state index in [1.165, 1.54) is 6.92 Å². The van der Waals surface area contributed by atoms with Crippen molar-refractivity contribution in [2.24, 2.45) is 17.8 Å². The summed E-state index contributed by atoms with van der Waals surface area (Å²) in [5, 5.41) is 14.3. The van der Waals surface area contributed by atoms with Gasteiger partial charge in [0.25, 0.3) is 0 Å². The standard InChI is InChI=1S/C15H28N2O4/c1-9(2)6-12(7-13(19)20)8-16-15(21)14(10(3)4)17-11(5)18/h9-10,12,14H,6-8H2,1-5H3,(H,16,21)(H,17,18)(H,19,20). The zero-order valence-corrected chi connectivity index (χ0v) is 13.6. The fourth-order valence-electron chi connectivity index (χ4n) is 2.26. The van der Waals surface area contributed by atoms with Gasteiger partial charge in [0.15, 0.2) is 0 Å². The summed E-state index contributed by atoms with van der Waals surface area (Å²) in [5.41, 5.74) is 0. The molecule has 21 heavy (non-hydrogen) atoms. The van der Waals surface area contributed by atoms with E-state index in [9.17, 15) is 14.4 Å². The first kappa shape index (κ1) is 19.4. The van der Waals surface area contributed by atoms with Crippen LogP contribution in [0.1, 0.15) is 47.5 Å². The number of carbonyl (C=O) groups excluding carboxylic acids is 2. The molecule has 122 valence electrons. The summed E-state index contributed by atoms with van der Waals surface area (Å²) in [5.74, 6) is -1.15. The van der Waals surface area contributed by atoms with Crippen LogP contribution in [-0.2, 0) is 14.4 Å². The molecule has 0 saturated heterocycles. The summed E-state index contributed by atoms with van der Waals surface area (Å²) >= 11 is 0. The lowest BCUT2D eigenvalue weighted by Crippen LogP contribution is -2.50. The minimum Gasteiger partial charge on any atom is -0.481 e. The molecule has 0 saturated carbocycles. The van der Waals surface area contributed by atoms with Crippen LogP contribution in [0.5, 0.6) is 0 Å². The lowest BCUT2D eigenvalue weighted by Gasteiger charge is -2.23.